The molecule has 0 amide bonds. The summed E-state index contributed by atoms with van der Waals surface area (Å²) in [6.07, 6.45) is 4.65. The van der Waals surface area contributed by atoms with Gasteiger partial charge in [-0.1, -0.05) is 61.7 Å². The highest BCUT2D eigenvalue weighted by Crippen LogP contribution is 2.27. The number of nitriles is 1. The van der Waals surface area contributed by atoms with Crippen LogP contribution in [0.3, 0.4) is 0 Å². The first-order valence-electron chi connectivity index (χ1n) is 5.54. The molecule has 1 rings (SSSR count). The van der Waals surface area contributed by atoms with E-state index in [9.17, 15) is 4.79 Å². The van der Waals surface area contributed by atoms with Gasteiger partial charge in [-0.3, -0.25) is 0 Å². The summed E-state index contributed by atoms with van der Waals surface area (Å²) < 4.78 is 0. The minimum Gasteiger partial charge on any atom is -0.477 e. The van der Waals surface area contributed by atoms with E-state index in [2.05, 4.69) is 13.2 Å². The third kappa shape index (κ3) is 3.30. The highest BCUT2D eigenvalue weighted by Gasteiger charge is 2.17. The van der Waals surface area contributed by atoms with Gasteiger partial charge >= 0.3 is 5.97 Å². The van der Waals surface area contributed by atoms with Crippen molar-refractivity contribution in [2.24, 2.45) is 0 Å². The number of nitrogens with zero attached hydrogens (tertiary/aromatic N) is 1. The smallest absolute Gasteiger partial charge is 0.347 e. The predicted molar refractivity (Wildman–Crippen MR) is 75.1 cm³/mol. The molecule has 94 valence electrons. The number of carboxylic acids is 1. The Morgan fingerprint density at radius 1 is 1.26 bits per heavy atom. The van der Waals surface area contributed by atoms with Crippen LogP contribution in [0.25, 0.3) is 5.57 Å². The predicted octanol–water partition coefficient (Wildman–Crippen LogP) is 3.35. The summed E-state index contributed by atoms with van der Waals surface area (Å²) in [6.45, 7) is 7.23. The van der Waals surface area contributed by atoms with E-state index in [1.165, 1.54) is 12.2 Å². The molecule has 0 aromatic heterocycles. The topological polar surface area (TPSA) is 61.1 Å². The zero-order valence-electron chi connectivity index (χ0n) is 10.3. The lowest BCUT2D eigenvalue weighted by Gasteiger charge is -2.10. The molecule has 0 heterocycles. The number of carbonyl (C=O) groups is 1. The molecule has 0 aliphatic heterocycles. The molecule has 0 saturated heterocycles. The molecule has 3 heteroatoms. The monoisotopic (exact) mass is 251 g/mol. The van der Waals surface area contributed by atoms with Gasteiger partial charge in [-0.05, 0) is 11.1 Å². The van der Waals surface area contributed by atoms with Gasteiger partial charge in [0.25, 0.3) is 0 Å². The Morgan fingerprint density at radius 2 is 1.89 bits per heavy atom. The van der Waals surface area contributed by atoms with Crippen LogP contribution in [0.15, 0.2) is 72.9 Å². The second-order valence-corrected chi connectivity index (χ2v) is 3.59. The maximum atomic E-state index is 11.2. The fourth-order valence-electron chi connectivity index (χ4n) is 1.65. The van der Waals surface area contributed by atoms with Gasteiger partial charge in [0.2, 0.25) is 0 Å². The molecule has 0 unspecified atom stereocenters. The zero-order chi connectivity index (χ0) is 14.3. The average molecular weight is 251 g/mol. The van der Waals surface area contributed by atoms with E-state index >= 15 is 0 Å². The molecule has 1 aromatic rings. The molecule has 0 spiro atoms. The molecular weight excluding hydrogens is 238 g/mol. The quantitative estimate of drug-likeness (QED) is 0.496. The lowest BCUT2D eigenvalue weighted by atomic mass is 9.93. The lowest BCUT2D eigenvalue weighted by molar-refractivity contribution is -0.132. The second kappa shape index (κ2) is 6.77. The van der Waals surface area contributed by atoms with Crippen molar-refractivity contribution in [3.8, 4) is 6.07 Å². The van der Waals surface area contributed by atoms with Crippen molar-refractivity contribution in [3.05, 3.63) is 78.4 Å². The summed E-state index contributed by atoms with van der Waals surface area (Å²) in [6, 6.07) is 10.6. The number of hydrogen-bond donors (Lipinski definition) is 1. The first-order chi connectivity index (χ1) is 9.15. The highest BCUT2D eigenvalue weighted by atomic mass is 16.4. The van der Waals surface area contributed by atoms with Crippen LogP contribution in [0.1, 0.15) is 5.56 Å². The number of rotatable bonds is 5. The van der Waals surface area contributed by atoms with Crippen molar-refractivity contribution in [2.75, 3.05) is 0 Å². The molecule has 1 N–H and O–H groups in total. The van der Waals surface area contributed by atoms with Crippen LogP contribution >= 0.6 is 0 Å². The van der Waals surface area contributed by atoms with E-state index < -0.39 is 5.97 Å². The van der Waals surface area contributed by atoms with Gasteiger partial charge in [0.15, 0.2) is 0 Å². The van der Waals surface area contributed by atoms with Gasteiger partial charge in [0.05, 0.1) is 0 Å². The van der Waals surface area contributed by atoms with Crippen LogP contribution in [0.2, 0.25) is 0 Å². The zero-order valence-corrected chi connectivity index (χ0v) is 10.3. The van der Waals surface area contributed by atoms with Crippen molar-refractivity contribution in [1.29, 1.82) is 5.26 Å². The molecule has 0 bridgehead atoms. The first-order valence-corrected chi connectivity index (χ1v) is 5.54. The Hall–Kier alpha value is -2.86. The number of aliphatic carboxylic acids is 1. The van der Waals surface area contributed by atoms with Gasteiger partial charge in [0, 0.05) is 5.57 Å². The van der Waals surface area contributed by atoms with E-state index in [1.807, 2.05) is 6.07 Å². The van der Waals surface area contributed by atoms with Crippen LogP contribution in [0.4, 0.5) is 0 Å². The fourth-order valence-corrected chi connectivity index (χ4v) is 1.65. The van der Waals surface area contributed by atoms with E-state index in [0.717, 1.165) is 0 Å². The third-order valence-corrected chi connectivity index (χ3v) is 2.44. The first kappa shape index (κ1) is 14.2. The highest BCUT2D eigenvalue weighted by molar-refractivity contribution is 6.05. The van der Waals surface area contributed by atoms with E-state index in [0.29, 0.717) is 16.7 Å². The van der Waals surface area contributed by atoms with E-state index in [-0.39, 0.29) is 5.57 Å². The van der Waals surface area contributed by atoms with Crippen LogP contribution in [-0.4, -0.2) is 11.1 Å². The molecule has 0 atom stereocenters. The summed E-state index contributed by atoms with van der Waals surface area (Å²) in [5, 5.41) is 18.2. The standard InChI is InChI=1S/C16H13NO2/c1-3-8-12(4-2)15(14(11-17)16(18)19)13-9-6-5-7-10-13/h3-10H,1-2H2,(H,18,19)/b12-8+,15-14+. The summed E-state index contributed by atoms with van der Waals surface area (Å²) in [7, 11) is 0. The fraction of sp³-hybridized carbons (Fsp3) is 0. The van der Waals surface area contributed by atoms with Gasteiger partial charge in [-0.15, -0.1) is 0 Å². The second-order valence-electron chi connectivity index (χ2n) is 3.59. The van der Waals surface area contributed by atoms with Crippen molar-refractivity contribution in [2.45, 2.75) is 0 Å². The largest absolute Gasteiger partial charge is 0.477 e. The molecule has 3 nitrogen and oxygen atoms in total. The van der Waals surface area contributed by atoms with E-state index in [1.54, 1.807) is 36.4 Å². The third-order valence-electron chi connectivity index (χ3n) is 2.44. The van der Waals surface area contributed by atoms with Gasteiger partial charge in [-0.2, -0.15) is 5.26 Å². The summed E-state index contributed by atoms with van der Waals surface area (Å²) in [5.74, 6) is -1.27. The molecule has 0 aliphatic rings. The van der Waals surface area contributed by atoms with E-state index in [4.69, 9.17) is 10.4 Å². The summed E-state index contributed by atoms with van der Waals surface area (Å²) in [4.78, 5) is 11.2. The molecule has 0 radical (unpaired) electrons. The van der Waals surface area contributed by atoms with Crippen molar-refractivity contribution < 1.29 is 9.90 Å². The Labute approximate surface area is 112 Å². The van der Waals surface area contributed by atoms with Crippen molar-refractivity contribution in [1.82, 2.24) is 0 Å². The number of carboxylic acid groups (broad SMARTS) is 1. The number of hydrogen-bond acceptors (Lipinski definition) is 2. The van der Waals surface area contributed by atoms with Gasteiger partial charge < -0.3 is 5.11 Å². The van der Waals surface area contributed by atoms with Gasteiger partial charge in [-0.25, -0.2) is 4.79 Å². The Kier molecular flexibility index (Phi) is 5.06. The van der Waals surface area contributed by atoms with Gasteiger partial charge in [0.1, 0.15) is 11.6 Å². The molecule has 0 aliphatic carbocycles. The summed E-state index contributed by atoms with van der Waals surface area (Å²) >= 11 is 0. The maximum Gasteiger partial charge on any atom is 0.347 e. The normalized spacial score (nSPS) is 12.1. The summed E-state index contributed by atoms with van der Waals surface area (Å²) in [5.41, 5.74) is 1.21. The Balaban J connectivity index is 3.66. The lowest BCUT2D eigenvalue weighted by Crippen LogP contribution is -2.04. The average Bonchev–Trinajstić information content (AvgIpc) is 2.43. The SMILES string of the molecule is C=C/C=C(C=C)/C(=C(/C#N)C(=O)O)c1ccccc1. The molecule has 0 saturated carbocycles. The molecule has 0 fully saturated rings. The Morgan fingerprint density at radius 3 is 2.32 bits per heavy atom. The van der Waals surface area contributed by atoms with Crippen LogP contribution in [-0.2, 0) is 4.79 Å². The molecule has 1 aromatic carbocycles. The minimum absolute atomic E-state index is 0.320. The number of allylic oxidation sites excluding steroid dienone is 5. The van der Waals surface area contributed by atoms with Crippen molar-refractivity contribution in [3.63, 3.8) is 0 Å². The van der Waals surface area contributed by atoms with Crippen LogP contribution < -0.4 is 0 Å². The number of benzene rings is 1. The van der Waals surface area contributed by atoms with Crippen LogP contribution in [0, 0.1) is 11.3 Å². The minimum atomic E-state index is -1.27. The van der Waals surface area contributed by atoms with Crippen LogP contribution in [0.5, 0.6) is 0 Å². The molecule has 19 heavy (non-hydrogen) atoms. The Bertz CT molecular complexity index is 601. The van der Waals surface area contributed by atoms with Crippen molar-refractivity contribution >= 4 is 11.5 Å². The maximum absolute atomic E-state index is 11.2. The molecular formula is C16H13NO2.